The van der Waals surface area contributed by atoms with Crippen LogP contribution in [0.4, 0.5) is 0 Å². The van der Waals surface area contributed by atoms with Crippen molar-refractivity contribution in [2.45, 2.75) is 54.5 Å². The second-order valence-corrected chi connectivity index (χ2v) is 9.46. The van der Waals surface area contributed by atoms with E-state index in [4.69, 9.17) is 9.47 Å². The van der Waals surface area contributed by atoms with E-state index in [1.807, 2.05) is 101 Å². The largest absolute Gasteiger partial charge is 0.493 e. The molecule has 2 aromatic carbocycles. The SMILES string of the molecule is C=c1/c(=C\C(Br)=C/C)n(-c2ccccc2)c(=O)n1Cc1ccc(OC)c(OCC)c1.CC.CCC.CSC. The van der Waals surface area contributed by atoms with Gasteiger partial charge in [-0.3, -0.25) is 9.13 Å². The Hall–Kier alpha value is -2.64. The van der Waals surface area contributed by atoms with Crippen LogP contribution in [0.25, 0.3) is 18.3 Å². The molecule has 0 amide bonds. The van der Waals surface area contributed by atoms with E-state index >= 15 is 0 Å². The quantitative estimate of drug-likeness (QED) is 0.291. The van der Waals surface area contributed by atoms with Crippen molar-refractivity contribution in [2.75, 3.05) is 26.2 Å². The van der Waals surface area contributed by atoms with Crippen molar-refractivity contribution >= 4 is 40.3 Å². The van der Waals surface area contributed by atoms with Gasteiger partial charge in [0.25, 0.3) is 0 Å². The lowest BCUT2D eigenvalue weighted by atomic mass is 10.2. The number of nitrogens with zero attached hydrogens (tertiary/aromatic N) is 2. The summed E-state index contributed by atoms with van der Waals surface area (Å²) in [5, 5.41) is 1.37. The zero-order valence-electron chi connectivity index (χ0n) is 24.5. The van der Waals surface area contributed by atoms with E-state index < -0.39 is 0 Å². The maximum Gasteiger partial charge on any atom is 0.334 e. The van der Waals surface area contributed by atoms with Crippen LogP contribution in [-0.4, -0.2) is 35.4 Å². The van der Waals surface area contributed by atoms with Gasteiger partial charge < -0.3 is 9.47 Å². The fourth-order valence-corrected chi connectivity index (χ4v) is 3.45. The van der Waals surface area contributed by atoms with Crippen molar-refractivity contribution < 1.29 is 9.47 Å². The number of hydrogen-bond donors (Lipinski definition) is 0. The molecule has 0 aliphatic rings. The second-order valence-electron chi connectivity index (χ2n) is 7.72. The number of para-hydroxylation sites is 1. The lowest BCUT2D eigenvalue weighted by Crippen LogP contribution is -2.32. The molecule has 3 rings (SSSR count). The van der Waals surface area contributed by atoms with Crippen LogP contribution in [0.2, 0.25) is 0 Å². The Labute approximate surface area is 242 Å². The molecule has 0 radical (unpaired) electrons. The van der Waals surface area contributed by atoms with Crippen molar-refractivity contribution in [2.24, 2.45) is 0 Å². The van der Waals surface area contributed by atoms with Crippen LogP contribution in [0.5, 0.6) is 11.5 Å². The van der Waals surface area contributed by atoms with Gasteiger partial charge in [-0.15, -0.1) is 0 Å². The van der Waals surface area contributed by atoms with Gasteiger partial charge in [-0.05, 0) is 62.3 Å². The molecule has 0 N–H and O–H groups in total. The third kappa shape index (κ3) is 10.6. The predicted molar refractivity (Wildman–Crippen MR) is 172 cm³/mol. The van der Waals surface area contributed by atoms with E-state index in [1.54, 1.807) is 28.0 Å². The maximum atomic E-state index is 13.4. The molecule has 0 aliphatic carbocycles. The Kier molecular flexibility index (Phi) is 18.9. The number of allylic oxidation sites excluding steroid dienone is 2. The lowest BCUT2D eigenvalue weighted by Gasteiger charge is -2.11. The van der Waals surface area contributed by atoms with E-state index in [1.165, 1.54) is 6.42 Å². The molecule has 210 valence electrons. The minimum atomic E-state index is -0.150. The maximum absolute atomic E-state index is 13.4. The summed E-state index contributed by atoms with van der Waals surface area (Å²) in [6.07, 6.45) is 9.17. The standard InChI is InChI=1S/C24H25BrN2O3.C3H8.C2H6S.C2H6/c1-5-19(25)15-21-17(3)26(24(28)27(21)20-10-8-7-9-11-20)16-18-12-13-22(29-4)23(14-18)30-6-2;2*1-3-2;1-2/h5,7-15H,3,6,16H2,1-2,4H3;3H2,1-2H3;1-2H3;1-2H3/b19-5+,21-15+;;;. The second kappa shape index (κ2) is 20.3. The minimum absolute atomic E-state index is 0.150. The van der Waals surface area contributed by atoms with E-state index in [2.05, 4.69) is 36.4 Å². The number of methoxy groups -OCH3 is 1. The van der Waals surface area contributed by atoms with Gasteiger partial charge in [0.2, 0.25) is 0 Å². The van der Waals surface area contributed by atoms with Gasteiger partial charge in [0.1, 0.15) is 0 Å². The highest BCUT2D eigenvalue weighted by Gasteiger charge is 2.13. The number of benzene rings is 2. The molecular formula is C31H45BrN2O3S. The Morgan fingerprint density at radius 2 is 1.63 bits per heavy atom. The van der Waals surface area contributed by atoms with Crippen molar-refractivity contribution in [3.8, 4) is 17.2 Å². The van der Waals surface area contributed by atoms with Crippen LogP contribution in [-0.2, 0) is 6.54 Å². The first-order chi connectivity index (χ1) is 18.3. The molecule has 0 fully saturated rings. The number of ether oxygens (including phenoxy) is 2. The molecule has 0 saturated carbocycles. The summed E-state index contributed by atoms with van der Waals surface area (Å²) in [6.45, 7) is 17.2. The van der Waals surface area contributed by atoms with Gasteiger partial charge in [0.15, 0.2) is 11.5 Å². The van der Waals surface area contributed by atoms with Crippen LogP contribution in [0.15, 0.2) is 63.9 Å². The van der Waals surface area contributed by atoms with E-state index in [0.29, 0.717) is 30.0 Å². The summed E-state index contributed by atoms with van der Waals surface area (Å²) in [5.74, 6) is 1.32. The molecule has 7 heteroatoms. The highest BCUT2D eigenvalue weighted by molar-refractivity contribution is 9.12. The van der Waals surface area contributed by atoms with E-state index in [0.717, 1.165) is 21.1 Å². The van der Waals surface area contributed by atoms with Gasteiger partial charge >= 0.3 is 5.69 Å². The third-order valence-corrected chi connectivity index (χ3v) is 5.40. The summed E-state index contributed by atoms with van der Waals surface area (Å²) in [7, 11) is 1.61. The minimum Gasteiger partial charge on any atom is -0.493 e. The molecule has 0 atom stereocenters. The monoisotopic (exact) mass is 604 g/mol. The zero-order chi connectivity index (χ0) is 29.1. The van der Waals surface area contributed by atoms with Gasteiger partial charge in [-0.1, -0.05) is 87.0 Å². The smallest absolute Gasteiger partial charge is 0.334 e. The topological polar surface area (TPSA) is 45.4 Å². The number of hydrogen-bond acceptors (Lipinski definition) is 4. The molecule has 0 bridgehead atoms. The van der Waals surface area contributed by atoms with Crippen LogP contribution in [0, 0.1) is 0 Å². The Morgan fingerprint density at radius 3 is 2.13 bits per heavy atom. The Bertz CT molecular complexity index is 1260. The first-order valence-electron chi connectivity index (χ1n) is 12.9. The van der Waals surface area contributed by atoms with Crippen LogP contribution in [0.3, 0.4) is 0 Å². The average Bonchev–Trinajstić information content (AvgIpc) is 3.15. The molecule has 1 aromatic heterocycles. The van der Waals surface area contributed by atoms with Crippen molar-refractivity contribution in [1.29, 1.82) is 0 Å². The number of thioether (sulfide) groups is 1. The highest BCUT2D eigenvalue weighted by atomic mass is 79.9. The van der Waals surface area contributed by atoms with E-state index in [9.17, 15) is 4.79 Å². The van der Waals surface area contributed by atoms with Gasteiger partial charge in [0, 0.05) is 4.48 Å². The number of halogens is 1. The Morgan fingerprint density at radius 1 is 1.05 bits per heavy atom. The van der Waals surface area contributed by atoms with Gasteiger partial charge in [0.05, 0.1) is 36.6 Å². The fourth-order valence-electron chi connectivity index (χ4n) is 3.23. The molecule has 0 saturated heterocycles. The molecule has 1 heterocycles. The summed E-state index contributed by atoms with van der Waals surface area (Å²) in [5.41, 5.74) is 1.56. The Balaban J connectivity index is 0.00000153. The van der Waals surface area contributed by atoms with Crippen molar-refractivity contribution in [3.05, 3.63) is 85.8 Å². The van der Waals surface area contributed by atoms with Crippen LogP contribution in [0.1, 0.15) is 53.5 Å². The van der Waals surface area contributed by atoms with Crippen LogP contribution >= 0.6 is 27.7 Å². The molecule has 0 spiro atoms. The third-order valence-electron chi connectivity index (χ3n) is 4.72. The van der Waals surface area contributed by atoms with Gasteiger partial charge in [-0.25, -0.2) is 4.79 Å². The lowest BCUT2D eigenvalue weighted by molar-refractivity contribution is 0.310. The summed E-state index contributed by atoms with van der Waals surface area (Å²) >= 11 is 5.27. The zero-order valence-corrected chi connectivity index (χ0v) is 26.9. The fraction of sp³-hybridized carbons (Fsp3) is 0.387. The highest BCUT2D eigenvalue weighted by Crippen LogP contribution is 2.28. The summed E-state index contributed by atoms with van der Waals surface area (Å²) < 4.78 is 15.3. The molecule has 5 nitrogen and oxygen atoms in total. The first kappa shape index (κ1) is 35.4. The molecule has 3 aromatic rings. The number of aromatic nitrogens is 2. The van der Waals surface area contributed by atoms with Crippen LogP contribution < -0.4 is 25.9 Å². The predicted octanol–water partition coefficient (Wildman–Crippen LogP) is 7.01. The normalized spacial score (nSPS) is 10.8. The summed E-state index contributed by atoms with van der Waals surface area (Å²) in [6, 6.07) is 15.2. The summed E-state index contributed by atoms with van der Waals surface area (Å²) in [4.78, 5) is 13.4. The molecule has 38 heavy (non-hydrogen) atoms. The van der Waals surface area contributed by atoms with E-state index in [-0.39, 0.29) is 5.69 Å². The molecular weight excluding hydrogens is 560 g/mol. The van der Waals surface area contributed by atoms with Gasteiger partial charge in [-0.2, -0.15) is 11.8 Å². The molecule has 0 aliphatic heterocycles. The van der Waals surface area contributed by atoms with Crippen molar-refractivity contribution in [3.63, 3.8) is 0 Å². The molecule has 0 unspecified atom stereocenters. The van der Waals surface area contributed by atoms with Crippen molar-refractivity contribution in [1.82, 2.24) is 9.13 Å². The average molecular weight is 606 g/mol. The number of rotatable bonds is 7. The first-order valence-corrected chi connectivity index (χ1v) is 15.3. The number of imidazole rings is 1.